The van der Waals surface area contributed by atoms with Crippen LogP contribution < -0.4 is 10.6 Å². The molecule has 2 unspecified atom stereocenters. The fourth-order valence-corrected chi connectivity index (χ4v) is 6.30. The molecule has 9 heteroatoms. The van der Waals surface area contributed by atoms with Gasteiger partial charge in [0.05, 0.1) is 12.1 Å². The van der Waals surface area contributed by atoms with Gasteiger partial charge in [-0.2, -0.15) is 0 Å². The van der Waals surface area contributed by atoms with Gasteiger partial charge in [-0.3, -0.25) is 14.6 Å². The van der Waals surface area contributed by atoms with Gasteiger partial charge in [-0.05, 0) is 53.9 Å². The van der Waals surface area contributed by atoms with Gasteiger partial charge in [0, 0.05) is 24.9 Å². The summed E-state index contributed by atoms with van der Waals surface area (Å²) in [5.74, 6) is 0.291. The van der Waals surface area contributed by atoms with Crippen molar-refractivity contribution >= 4 is 18.9 Å². The Balaban J connectivity index is 1.46. The van der Waals surface area contributed by atoms with Crippen molar-refractivity contribution in [1.82, 2.24) is 20.6 Å². The predicted octanol–water partition coefficient (Wildman–Crippen LogP) is 3.46. The van der Waals surface area contributed by atoms with Gasteiger partial charge in [-0.15, -0.1) is 0 Å². The highest BCUT2D eigenvalue weighted by molar-refractivity contribution is 6.45. The molecule has 1 aromatic carbocycles. The summed E-state index contributed by atoms with van der Waals surface area (Å²) >= 11 is 0. The molecule has 6 atom stereocenters. The monoisotopic (exact) mass is 520 g/mol. The first-order chi connectivity index (χ1) is 18.1. The molecule has 0 radical (unpaired) electrons. The molecule has 2 bridgehead atoms. The largest absolute Gasteiger partial charge is 0.478 e. The second kappa shape index (κ2) is 12.0. The van der Waals surface area contributed by atoms with Gasteiger partial charge in [0.15, 0.2) is 0 Å². The number of carbonyl (C=O) groups is 2. The first-order valence-corrected chi connectivity index (χ1v) is 13.8. The van der Waals surface area contributed by atoms with E-state index < -0.39 is 25.0 Å². The molecule has 204 valence electrons. The van der Waals surface area contributed by atoms with Crippen LogP contribution in [0.1, 0.15) is 69.9 Å². The molecule has 8 nitrogen and oxygen atoms in total. The average molecular weight is 520 g/mol. The van der Waals surface area contributed by atoms with E-state index in [4.69, 9.17) is 4.65 Å². The van der Waals surface area contributed by atoms with Crippen molar-refractivity contribution in [2.75, 3.05) is 0 Å². The van der Waals surface area contributed by atoms with Gasteiger partial charge < -0.3 is 20.3 Å². The number of hydrogen-bond donors (Lipinski definition) is 3. The zero-order valence-electron chi connectivity index (χ0n) is 23.1. The maximum absolute atomic E-state index is 13.6. The van der Waals surface area contributed by atoms with E-state index in [-0.39, 0.29) is 23.6 Å². The lowest BCUT2D eigenvalue weighted by Crippen LogP contribution is -2.60. The van der Waals surface area contributed by atoms with Crippen LogP contribution in [0.15, 0.2) is 48.9 Å². The topological polar surface area (TPSA) is 113 Å². The Morgan fingerprint density at radius 3 is 2.50 bits per heavy atom. The number of nitrogens with zero attached hydrogens (tertiary/aromatic N) is 2. The minimum absolute atomic E-state index is 0.0372. The van der Waals surface area contributed by atoms with Crippen LogP contribution in [0.25, 0.3) is 0 Å². The highest BCUT2D eigenvalue weighted by Crippen LogP contribution is 2.61. The highest BCUT2D eigenvalue weighted by atomic mass is 16.5. The molecule has 3 fully saturated rings. The SMILES string of the molecule is CC(C)CC(NC(=O)C(Cc1ccccc1)NC(=O)c1cnccn1)B(O)O[C@@H]1C[C@@H]2C[C@H]([C@H]1C)C2(C)C. The smallest absolute Gasteiger partial charge is 0.426 e. The van der Waals surface area contributed by atoms with Crippen molar-refractivity contribution in [3.8, 4) is 0 Å². The number of amides is 2. The van der Waals surface area contributed by atoms with Gasteiger partial charge in [-0.1, -0.05) is 65.0 Å². The fourth-order valence-electron chi connectivity index (χ4n) is 6.30. The molecule has 3 aliphatic rings. The molecule has 38 heavy (non-hydrogen) atoms. The fraction of sp³-hybridized carbons (Fsp3) is 0.586. The maximum atomic E-state index is 13.6. The molecule has 5 rings (SSSR count). The molecule has 3 aliphatic carbocycles. The molecule has 3 saturated carbocycles. The van der Waals surface area contributed by atoms with Crippen LogP contribution in [0, 0.1) is 29.1 Å². The van der Waals surface area contributed by atoms with Crippen LogP contribution in [-0.4, -0.2) is 52.0 Å². The van der Waals surface area contributed by atoms with Crippen LogP contribution >= 0.6 is 0 Å². The van der Waals surface area contributed by atoms with E-state index in [0.717, 1.165) is 12.0 Å². The Labute approximate surface area is 226 Å². The van der Waals surface area contributed by atoms with Crippen LogP contribution in [-0.2, 0) is 15.9 Å². The van der Waals surface area contributed by atoms with E-state index in [2.05, 4.69) is 41.4 Å². The highest BCUT2D eigenvalue weighted by Gasteiger charge is 2.57. The Hall–Kier alpha value is -2.78. The van der Waals surface area contributed by atoms with E-state index in [1.54, 1.807) is 0 Å². The number of carbonyl (C=O) groups excluding carboxylic acids is 2. The first-order valence-electron chi connectivity index (χ1n) is 13.8. The lowest BCUT2D eigenvalue weighted by atomic mass is 9.45. The summed E-state index contributed by atoms with van der Waals surface area (Å²) in [7, 11) is -1.14. The lowest BCUT2D eigenvalue weighted by molar-refractivity contribution is -0.151. The summed E-state index contributed by atoms with van der Waals surface area (Å²) in [6, 6.07) is 8.65. The summed E-state index contributed by atoms with van der Waals surface area (Å²) in [5, 5.41) is 17.0. The number of hydrogen-bond acceptors (Lipinski definition) is 6. The number of benzene rings is 1. The minimum Gasteiger partial charge on any atom is -0.426 e. The second-order valence-corrected chi connectivity index (χ2v) is 12.1. The Morgan fingerprint density at radius 2 is 1.89 bits per heavy atom. The molecule has 1 heterocycles. The third-order valence-electron chi connectivity index (χ3n) is 8.70. The summed E-state index contributed by atoms with van der Waals surface area (Å²) in [4.78, 5) is 34.5. The van der Waals surface area contributed by atoms with Gasteiger partial charge >= 0.3 is 7.12 Å². The third kappa shape index (κ3) is 6.43. The molecule has 0 saturated heterocycles. The Bertz CT molecular complexity index is 1080. The summed E-state index contributed by atoms with van der Waals surface area (Å²) in [6.07, 6.45) is 7.24. The Morgan fingerprint density at radius 1 is 1.16 bits per heavy atom. The lowest BCUT2D eigenvalue weighted by Gasteiger charge is -2.62. The van der Waals surface area contributed by atoms with Gasteiger partial charge in [0.25, 0.3) is 5.91 Å². The normalized spacial score (nSPS) is 25.1. The van der Waals surface area contributed by atoms with Crippen LogP contribution in [0.5, 0.6) is 0 Å². The molecule has 0 spiro atoms. The van der Waals surface area contributed by atoms with Crippen LogP contribution in [0.4, 0.5) is 0 Å². The van der Waals surface area contributed by atoms with E-state index in [9.17, 15) is 14.6 Å². The van der Waals surface area contributed by atoms with Crippen molar-refractivity contribution in [3.63, 3.8) is 0 Å². The molecule has 2 aromatic rings. The van der Waals surface area contributed by atoms with Gasteiger partial charge in [-0.25, -0.2) is 4.98 Å². The van der Waals surface area contributed by atoms with Crippen LogP contribution in [0.2, 0.25) is 0 Å². The second-order valence-electron chi connectivity index (χ2n) is 12.1. The molecule has 3 N–H and O–H groups in total. The molecule has 2 amide bonds. The van der Waals surface area contributed by atoms with Crippen LogP contribution in [0.3, 0.4) is 0 Å². The third-order valence-corrected chi connectivity index (χ3v) is 8.70. The summed E-state index contributed by atoms with van der Waals surface area (Å²) < 4.78 is 6.25. The quantitative estimate of drug-likeness (QED) is 0.391. The zero-order valence-corrected chi connectivity index (χ0v) is 23.1. The average Bonchev–Trinajstić information content (AvgIpc) is 2.89. The molecule has 0 aliphatic heterocycles. The van der Waals surface area contributed by atoms with Crippen molar-refractivity contribution in [1.29, 1.82) is 0 Å². The van der Waals surface area contributed by atoms with E-state index in [0.29, 0.717) is 36.0 Å². The summed E-state index contributed by atoms with van der Waals surface area (Å²) in [6.45, 7) is 11.0. The summed E-state index contributed by atoms with van der Waals surface area (Å²) in [5.41, 5.74) is 1.36. The van der Waals surface area contributed by atoms with E-state index >= 15 is 0 Å². The standard InChI is InChI=1S/C29H41BN4O4/c1-18(2)13-26(30(37)38-25-16-21-15-22(19(25)3)29(21,4)5)34-27(35)23(14-20-9-7-6-8-10-20)33-28(36)24-17-31-11-12-32-24/h6-12,17-19,21-23,25-26,37H,13-16H2,1-5H3,(H,33,36)(H,34,35)/t19-,21+,22-,23?,25-,26?/m1/s1. The number of fused-ring (bicyclic) bond motifs is 2. The predicted molar refractivity (Wildman–Crippen MR) is 147 cm³/mol. The number of rotatable bonds is 11. The Kier molecular flexibility index (Phi) is 8.88. The van der Waals surface area contributed by atoms with E-state index in [1.165, 1.54) is 25.0 Å². The van der Waals surface area contributed by atoms with Crippen molar-refractivity contribution in [2.24, 2.45) is 29.1 Å². The number of aromatic nitrogens is 2. The minimum atomic E-state index is -1.14. The first kappa shape index (κ1) is 28.2. The van der Waals surface area contributed by atoms with Crippen molar-refractivity contribution in [2.45, 2.75) is 78.4 Å². The van der Waals surface area contributed by atoms with Crippen molar-refractivity contribution in [3.05, 3.63) is 60.2 Å². The molecular weight excluding hydrogens is 479 g/mol. The molecule has 1 aromatic heterocycles. The van der Waals surface area contributed by atoms with Crippen molar-refractivity contribution < 1.29 is 19.3 Å². The zero-order chi connectivity index (χ0) is 27.4. The maximum Gasteiger partial charge on any atom is 0.478 e. The molecular formula is C29H41BN4O4. The van der Waals surface area contributed by atoms with E-state index in [1.807, 2.05) is 44.2 Å². The number of nitrogens with one attached hydrogen (secondary N) is 2. The van der Waals surface area contributed by atoms with Gasteiger partial charge in [0.1, 0.15) is 11.7 Å². The van der Waals surface area contributed by atoms with Gasteiger partial charge in [0.2, 0.25) is 5.91 Å².